The van der Waals surface area contributed by atoms with E-state index in [9.17, 15) is 18.0 Å². The lowest BCUT2D eigenvalue weighted by Gasteiger charge is -2.16. The van der Waals surface area contributed by atoms with Crippen molar-refractivity contribution in [2.24, 2.45) is 0 Å². The van der Waals surface area contributed by atoms with Crippen LogP contribution in [0.5, 0.6) is 0 Å². The molecule has 0 aliphatic carbocycles. The van der Waals surface area contributed by atoms with E-state index in [1.807, 2.05) is 0 Å². The lowest BCUT2D eigenvalue weighted by atomic mass is 10.1. The van der Waals surface area contributed by atoms with Gasteiger partial charge in [0, 0.05) is 6.04 Å². The van der Waals surface area contributed by atoms with Crippen molar-refractivity contribution < 1.29 is 18.0 Å². The number of aryl methyl sites for hydroxylation is 1. The van der Waals surface area contributed by atoms with Gasteiger partial charge in [-0.15, -0.1) is 0 Å². The number of anilines is 1. The van der Waals surface area contributed by atoms with Crippen LogP contribution in [0.3, 0.4) is 0 Å². The number of hydrogen-bond acceptors (Lipinski definition) is 3. The quantitative estimate of drug-likeness (QED) is 0.874. The molecule has 7 heteroatoms. The largest absolute Gasteiger partial charge is 0.397 e. The van der Waals surface area contributed by atoms with Crippen LogP contribution >= 0.6 is 0 Å². The van der Waals surface area contributed by atoms with Crippen LogP contribution in [-0.2, 0) is 0 Å². The maximum atomic E-state index is 12.1. The Morgan fingerprint density at radius 1 is 1.56 bits per heavy atom. The summed E-state index contributed by atoms with van der Waals surface area (Å²) < 4.78 is 36.4. The number of nitrogens with zero attached hydrogens (tertiary/aromatic N) is 1. The Balaban J connectivity index is 2.74. The van der Waals surface area contributed by atoms with Crippen molar-refractivity contribution in [2.45, 2.75) is 32.5 Å². The number of alkyl halides is 3. The zero-order valence-electron chi connectivity index (χ0n) is 10.0. The topological polar surface area (TPSA) is 68.0 Å². The molecule has 1 rings (SSSR count). The van der Waals surface area contributed by atoms with Crippen molar-refractivity contribution in [3.63, 3.8) is 0 Å². The lowest BCUT2D eigenvalue weighted by molar-refractivity contribution is -0.138. The van der Waals surface area contributed by atoms with Crippen molar-refractivity contribution in [3.8, 4) is 0 Å². The number of carbonyl (C=O) groups excluding carboxylic acids is 1. The summed E-state index contributed by atoms with van der Waals surface area (Å²) in [4.78, 5) is 15.6. The normalized spacial score (nSPS) is 13.2. The van der Waals surface area contributed by atoms with E-state index < -0.39 is 24.5 Å². The van der Waals surface area contributed by atoms with Crippen molar-refractivity contribution in [2.75, 3.05) is 5.73 Å². The van der Waals surface area contributed by atoms with Gasteiger partial charge in [-0.3, -0.25) is 9.78 Å². The van der Waals surface area contributed by atoms with Gasteiger partial charge in [-0.25, -0.2) is 0 Å². The van der Waals surface area contributed by atoms with Crippen molar-refractivity contribution in [1.29, 1.82) is 0 Å². The minimum atomic E-state index is -4.31. The first-order valence-electron chi connectivity index (χ1n) is 5.29. The van der Waals surface area contributed by atoms with Crippen molar-refractivity contribution in [1.82, 2.24) is 10.3 Å². The number of nitrogen functional groups attached to an aromatic ring is 1. The van der Waals surface area contributed by atoms with Crippen molar-refractivity contribution >= 4 is 11.6 Å². The van der Waals surface area contributed by atoms with Crippen LogP contribution in [-0.4, -0.2) is 23.1 Å². The number of carbonyl (C=O) groups is 1. The average molecular weight is 261 g/mol. The Hall–Kier alpha value is -1.79. The third-order valence-corrected chi connectivity index (χ3v) is 2.27. The van der Waals surface area contributed by atoms with Crippen LogP contribution in [0.4, 0.5) is 18.9 Å². The molecular weight excluding hydrogens is 247 g/mol. The first kappa shape index (κ1) is 14.3. The van der Waals surface area contributed by atoms with E-state index in [4.69, 9.17) is 5.73 Å². The summed E-state index contributed by atoms with van der Waals surface area (Å²) >= 11 is 0. The number of halogens is 3. The maximum Gasteiger partial charge on any atom is 0.391 e. The second-order valence-electron chi connectivity index (χ2n) is 4.10. The molecule has 4 nitrogen and oxygen atoms in total. The van der Waals surface area contributed by atoms with Gasteiger partial charge in [-0.2, -0.15) is 13.2 Å². The Morgan fingerprint density at radius 3 is 2.72 bits per heavy atom. The highest BCUT2D eigenvalue weighted by molar-refractivity contribution is 5.96. The standard InChI is InChI=1S/C11H14F3N3O/c1-6(4-11(12,13)14)17-10(18)9-3-8(15)5-16-7(9)2/h3,5-6H,4,15H2,1-2H3,(H,17,18). The summed E-state index contributed by atoms with van der Waals surface area (Å²) in [6.07, 6.45) is -4.01. The maximum absolute atomic E-state index is 12.1. The van der Waals surface area contributed by atoms with E-state index in [0.717, 1.165) is 0 Å². The molecule has 0 fully saturated rings. The van der Waals surface area contributed by atoms with E-state index in [0.29, 0.717) is 5.69 Å². The molecule has 0 saturated carbocycles. The number of nitrogens with one attached hydrogen (secondary N) is 1. The highest BCUT2D eigenvalue weighted by Gasteiger charge is 2.30. The first-order chi connectivity index (χ1) is 8.19. The summed E-state index contributed by atoms with van der Waals surface area (Å²) in [6.45, 7) is 2.88. The van der Waals surface area contributed by atoms with Gasteiger partial charge in [-0.1, -0.05) is 0 Å². The SMILES string of the molecule is Cc1ncc(N)cc1C(=O)NC(C)CC(F)(F)F. The Bertz CT molecular complexity index is 446. The molecule has 0 aromatic carbocycles. The van der Waals surface area contributed by atoms with Gasteiger partial charge in [0.2, 0.25) is 0 Å². The van der Waals surface area contributed by atoms with Crippen LogP contribution in [0, 0.1) is 6.92 Å². The fourth-order valence-corrected chi connectivity index (χ4v) is 1.48. The lowest BCUT2D eigenvalue weighted by Crippen LogP contribution is -2.36. The molecule has 1 heterocycles. The molecule has 3 N–H and O–H groups in total. The summed E-state index contributed by atoms with van der Waals surface area (Å²) in [6, 6.07) is 0.385. The van der Waals surface area contributed by atoms with Gasteiger partial charge < -0.3 is 11.1 Å². The van der Waals surface area contributed by atoms with Gasteiger partial charge in [-0.05, 0) is 19.9 Å². The second kappa shape index (κ2) is 5.24. The van der Waals surface area contributed by atoms with E-state index in [1.165, 1.54) is 19.2 Å². The highest BCUT2D eigenvalue weighted by atomic mass is 19.4. The second-order valence-corrected chi connectivity index (χ2v) is 4.10. The number of pyridine rings is 1. The Morgan fingerprint density at radius 2 is 2.17 bits per heavy atom. The molecule has 1 atom stereocenters. The molecule has 0 bridgehead atoms. The highest BCUT2D eigenvalue weighted by Crippen LogP contribution is 2.21. The predicted octanol–water partition coefficient (Wildman–Crippen LogP) is 2.04. The van der Waals surface area contributed by atoms with Crippen LogP contribution in [0.25, 0.3) is 0 Å². The van der Waals surface area contributed by atoms with Gasteiger partial charge >= 0.3 is 6.18 Å². The predicted molar refractivity (Wildman–Crippen MR) is 61.0 cm³/mol. The molecule has 0 spiro atoms. The van der Waals surface area contributed by atoms with Gasteiger partial charge in [0.25, 0.3) is 5.91 Å². The minimum Gasteiger partial charge on any atom is -0.397 e. The molecule has 0 aliphatic heterocycles. The summed E-state index contributed by atoms with van der Waals surface area (Å²) in [7, 11) is 0. The molecule has 1 unspecified atom stereocenters. The Labute approximate surface area is 102 Å². The van der Waals surface area contributed by atoms with Gasteiger partial charge in [0.05, 0.1) is 29.6 Å². The number of aromatic nitrogens is 1. The summed E-state index contributed by atoms with van der Waals surface area (Å²) in [5.41, 5.74) is 6.36. The molecule has 18 heavy (non-hydrogen) atoms. The number of rotatable bonds is 3. The molecule has 1 aromatic rings. The number of hydrogen-bond donors (Lipinski definition) is 2. The Kier molecular flexibility index (Phi) is 4.15. The first-order valence-corrected chi connectivity index (χ1v) is 5.29. The molecule has 0 saturated heterocycles. The van der Waals surface area contributed by atoms with E-state index >= 15 is 0 Å². The molecule has 100 valence electrons. The summed E-state index contributed by atoms with van der Waals surface area (Å²) in [5, 5.41) is 2.27. The number of amides is 1. The molecular formula is C11H14F3N3O. The molecule has 0 aliphatic rings. The monoisotopic (exact) mass is 261 g/mol. The zero-order chi connectivity index (χ0) is 13.9. The minimum absolute atomic E-state index is 0.184. The van der Waals surface area contributed by atoms with Gasteiger partial charge in [0.15, 0.2) is 0 Å². The van der Waals surface area contributed by atoms with Crippen LogP contribution in [0.1, 0.15) is 29.4 Å². The van der Waals surface area contributed by atoms with Crippen LogP contribution in [0.2, 0.25) is 0 Å². The molecule has 0 radical (unpaired) electrons. The zero-order valence-corrected chi connectivity index (χ0v) is 10.0. The third-order valence-electron chi connectivity index (χ3n) is 2.27. The smallest absolute Gasteiger partial charge is 0.391 e. The van der Waals surface area contributed by atoms with Crippen LogP contribution in [0.15, 0.2) is 12.3 Å². The fraction of sp³-hybridized carbons (Fsp3) is 0.455. The number of nitrogens with two attached hydrogens (primary N) is 1. The molecule has 1 amide bonds. The average Bonchev–Trinajstić information content (AvgIpc) is 2.18. The van der Waals surface area contributed by atoms with E-state index in [1.54, 1.807) is 6.92 Å². The molecule has 1 aromatic heterocycles. The van der Waals surface area contributed by atoms with Crippen molar-refractivity contribution in [3.05, 3.63) is 23.5 Å². The third kappa shape index (κ3) is 4.23. The van der Waals surface area contributed by atoms with Crippen LogP contribution < -0.4 is 11.1 Å². The van der Waals surface area contributed by atoms with E-state index in [-0.39, 0.29) is 11.3 Å². The fourth-order valence-electron chi connectivity index (χ4n) is 1.48. The van der Waals surface area contributed by atoms with E-state index in [2.05, 4.69) is 10.3 Å². The summed E-state index contributed by atoms with van der Waals surface area (Å²) in [5.74, 6) is -0.607. The van der Waals surface area contributed by atoms with Gasteiger partial charge in [0.1, 0.15) is 0 Å².